The third kappa shape index (κ3) is 3.06. The van der Waals surface area contributed by atoms with Crippen molar-refractivity contribution < 1.29 is 0 Å². The lowest BCUT2D eigenvalue weighted by molar-refractivity contribution is 0.922. The van der Waals surface area contributed by atoms with Crippen LogP contribution < -0.4 is 5.32 Å². The Morgan fingerprint density at radius 2 is 2.00 bits per heavy atom. The van der Waals surface area contributed by atoms with E-state index in [-0.39, 0.29) is 0 Å². The van der Waals surface area contributed by atoms with E-state index in [1.54, 1.807) is 6.33 Å². The molecule has 0 radical (unpaired) electrons. The van der Waals surface area contributed by atoms with Crippen molar-refractivity contribution in [3.8, 4) is 11.3 Å². The molecule has 1 aromatic heterocycles. The zero-order chi connectivity index (χ0) is 12.8. The Bertz CT molecular complexity index is 461. The molecule has 0 saturated heterocycles. The summed E-state index contributed by atoms with van der Waals surface area (Å²) in [4.78, 5) is 8.53. The van der Waals surface area contributed by atoms with Crippen molar-refractivity contribution >= 4 is 5.82 Å². The van der Waals surface area contributed by atoms with Gasteiger partial charge in [0.1, 0.15) is 12.1 Å². The first kappa shape index (κ1) is 12.6. The van der Waals surface area contributed by atoms with Crippen molar-refractivity contribution in [1.82, 2.24) is 9.97 Å². The van der Waals surface area contributed by atoms with E-state index in [1.807, 2.05) is 6.07 Å². The zero-order valence-corrected chi connectivity index (χ0v) is 11.0. The molecule has 18 heavy (non-hydrogen) atoms. The van der Waals surface area contributed by atoms with Gasteiger partial charge in [-0.2, -0.15) is 0 Å². The van der Waals surface area contributed by atoms with E-state index in [4.69, 9.17) is 0 Å². The van der Waals surface area contributed by atoms with Crippen LogP contribution in [0.25, 0.3) is 11.3 Å². The first-order chi connectivity index (χ1) is 8.83. The molecule has 0 saturated carbocycles. The van der Waals surface area contributed by atoms with Crippen molar-refractivity contribution in [2.75, 3.05) is 11.9 Å². The Balaban J connectivity index is 2.29. The van der Waals surface area contributed by atoms with Crippen LogP contribution in [0.1, 0.15) is 25.8 Å². The molecule has 0 aliphatic carbocycles. The van der Waals surface area contributed by atoms with Crippen molar-refractivity contribution in [2.24, 2.45) is 0 Å². The molecule has 1 aromatic carbocycles. The van der Waals surface area contributed by atoms with E-state index in [0.29, 0.717) is 0 Å². The Morgan fingerprint density at radius 1 is 1.11 bits per heavy atom. The number of aromatic nitrogens is 2. The van der Waals surface area contributed by atoms with Crippen LogP contribution in [-0.4, -0.2) is 16.5 Å². The maximum atomic E-state index is 4.34. The highest BCUT2D eigenvalue weighted by Gasteiger charge is 2.02. The topological polar surface area (TPSA) is 37.8 Å². The first-order valence-electron chi connectivity index (χ1n) is 6.48. The largest absolute Gasteiger partial charge is 0.370 e. The average Bonchev–Trinajstić information content (AvgIpc) is 2.40. The van der Waals surface area contributed by atoms with E-state index in [0.717, 1.165) is 36.5 Å². The van der Waals surface area contributed by atoms with Gasteiger partial charge in [0.2, 0.25) is 0 Å². The molecule has 0 fully saturated rings. The fraction of sp³-hybridized carbons (Fsp3) is 0.333. The number of benzene rings is 1. The summed E-state index contributed by atoms with van der Waals surface area (Å²) in [6.45, 7) is 5.12. The molecule has 0 amide bonds. The van der Waals surface area contributed by atoms with Crippen LogP contribution in [0.15, 0.2) is 36.7 Å². The summed E-state index contributed by atoms with van der Waals surface area (Å²) in [6.07, 6.45) is 3.88. The molecule has 3 nitrogen and oxygen atoms in total. The third-order valence-electron chi connectivity index (χ3n) is 2.79. The highest BCUT2D eigenvalue weighted by Crippen LogP contribution is 2.20. The molecule has 3 heteroatoms. The van der Waals surface area contributed by atoms with Gasteiger partial charge in [0.25, 0.3) is 0 Å². The van der Waals surface area contributed by atoms with Gasteiger partial charge in [-0.05, 0) is 25.0 Å². The number of nitrogens with zero attached hydrogens (tertiary/aromatic N) is 2. The van der Waals surface area contributed by atoms with Gasteiger partial charge in [0, 0.05) is 18.2 Å². The molecule has 2 aromatic rings. The lowest BCUT2D eigenvalue weighted by Crippen LogP contribution is -2.00. The average molecular weight is 241 g/mol. The number of hydrogen-bond acceptors (Lipinski definition) is 3. The second-order valence-electron chi connectivity index (χ2n) is 4.27. The van der Waals surface area contributed by atoms with E-state index in [2.05, 4.69) is 53.4 Å². The molecule has 94 valence electrons. The summed E-state index contributed by atoms with van der Waals surface area (Å²) in [6, 6.07) is 10.6. The highest BCUT2D eigenvalue weighted by molar-refractivity contribution is 5.62. The van der Waals surface area contributed by atoms with Crippen LogP contribution in [-0.2, 0) is 6.42 Å². The predicted molar refractivity (Wildman–Crippen MR) is 75.6 cm³/mol. The van der Waals surface area contributed by atoms with Gasteiger partial charge < -0.3 is 5.32 Å². The molecule has 1 heterocycles. The molecular weight excluding hydrogens is 222 g/mol. The minimum absolute atomic E-state index is 0.867. The van der Waals surface area contributed by atoms with Gasteiger partial charge in [0.15, 0.2) is 0 Å². The molecule has 1 N–H and O–H groups in total. The van der Waals surface area contributed by atoms with E-state index >= 15 is 0 Å². The Kier molecular flexibility index (Phi) is 4.29. The standard InChI is InChI=1S/C15H19N3/c1-3-6-12-7-5-8-13(9-12)14-10-15(16-4-2)18-11-17-14/h5,7-11H,3-4,6H2,1-2H3,(H,16,17,18). The van der Waals surface area contributed by atoms with Crippen LogP contribution in [0.3, 0.4) is 0 Å². The molecular formula is C15H19N3. The number of nitrogens with one attached hydrogen (secondary N) is 1. The maximum Gasteiger partial charge on any atom is 0.129 e. The van der Waals surface area contributed by atoms with Gasteiger partial charge in [-0.3, -0.25) is 0 Å². The van der Waals surface area contributed by atoms with E-state index < -0.39 is 0 Å². The summed E-state index contributed by atoms with van der Waals surface area (Å²) in [5, 5.41) is 3.21. The van der Waals surface area contributed by atoms with Gasteiger partial charge in [0.05, 0.1) is 5.69 Å². The molecule has 0 aliphatic heterocycles. The molecule has 0 bridgehead atoms. The Labute approximate surface area is 108 Å². The smallest absolute Gasteiger partial charge is 0.129 e. The number of rotatable bonds is 5. The van der Waals surface area contributed by atoms with E-state index in [1.165, 1.54) is 5.56 Å². The van der Waals surface area contributed by atoms with Crippen LogP contribution in [0.4, 0.5) is 5.82 Å². The minimum atomic E-state index is 0.867. The molecule has 0 aliphatic rings. The van der Waals surface area contributed by atoms with Crippen molar-refractivity contribution in [3.63, 3.8) is 0 Å². The number of aryl methyl sites for hydroxylation is 1. The fourth-order valence-electron chi connectivity index (χ4n) is 1.97. The minimum Gasteiger partial charge on any atom is -0.370 e. The van der Waals surface area contributed by atoms with Gasteiger partial charge in [-0.15, -0.1) is 0 Å². The predicted octanol–water partition coefficient (Wildman–Crippen LogP) is 3.53. The van der Waals surface area contributed by atoms with Gasteiger partial charge in [-0.1, -0.05) is 31.5 Å². The van der Waals surface area contributed by atoms with Crippen LogP contribution in [0, 0.1) is 0 Å². The Hall–Kier alpha value is -1.90. The summed E-state index contributed by atoms with van der Waals surface area (Å²) in [5.74, 6) is 0.878. The monoisotopic (exact) mass is 241 g/mol. The second kappa shape index (κ2) is 6.15. The summed E-state index contributed by atoms with van der Waals surface area (Å²) in [5.41, 5.74) is 3.49. The Morgan fingerprint density at radius 3 is 2.78 bits per heavy atom. The third-order valence-corrected chi connectivity index (χ3v) is 2.79. The normalized spacial score (nSPS) is 10.3. The van der Waals surface area contributed by atoms with Crippen LogP contribution in [0.5, 0.6) is 0 Å². The van der Waals surface area contributed by atoms with Crippen LogP contribution >= 0.6 is 0 Å². The van der Waals surface area contributed by atoms with Crippen molar-refractivity contribution in [3.05, 3.63) is 42.2 Å². The van der Waals surface area contributed by atoms with Gasteiger partial charge >= 0.3 is 0 Å². The lowest BCUT2D eigenvalue weighted by Gasteiger charge is -2.06. The van der Waals surface area contributed by atoms with Crippen LogP contribution in [0.2, 0.25) is 0 Å². The summed E-state index contributed by atoms with van der Waals surface area (Å²) in [7, 11) is 0. The van der Waals surface area contributed by atoms with E-state index in [9.17, 15) is 0 Å². The first-order valence-corrected chi connectivity index (χ1v) is 6.48. The fourth-order valence-corrected chi connectivity index (χ4v) is 1.97. The molecule has 0 spiro atoms. The van der Waals surface area contributed by atoms with Crippen molar-refractivity contribution in [1.29, 1.82) is 0 Å². The summed E-state index contributed by atoms with van der Waals surface area (Å²) >= 11 is 0. The quantitative estimate of drug-likeness (QED) is 0.870. The SMILES string of the molecule is CCCc1cccc(-c2cc(NCC)ncn2)c1. The number of hydrogen-bond donors (Lipinski definition) is 1. The summed E-state index contributed by atoms with van der Waals surface area (Å²) < 4.78 is 0. The molecule has 2 rings (SSSR count). The van der Waals surface area contributed by atoms with Gasteiger partial charge in [-0.25, -0.2) is 9.97 Å². The lowest BCUT2D eigenvalue weighted by atomic mass is 10.0. The zero-order valence-electron chi connectivity index (χ0n) is 11.0. The molecule has 0 atom stereocenters. The maximum absolute atomic E-state index is 4.34. The molecule has 0 unspecified atom stereocenters. The van der Waals surface area contributed by atoms with Crippen molar-refractivity contribution in [2.45, 2.75) is 26.7 Å². The highest BCUT2D eigenvalue weighted by atomic mass is 15.0. The second-order valence-corrected chi connectivity index (χ2v) is 4.27. The number of anilines is 1.